The molecule has 0 aliphatic carbocycles. The summed E-state index contributed by atoms with van der Waals surface area (Å²) in [6, 6.07) is 38.0. The van der Waals surface area contributed by atoms with Crippen LogP contribution in [-0.4, -0.2) is 40.0 Å². The summed E-state index contributed by atoms with van der Waals surface area (Å²) in [7, 11) is 0. The molecule has 226 valence electrons. The topological polar surface area (TPSA) is 139 Å². The van der Waals surface area contributed by atoms with Gasteiger partial charge in [-0.1, -0.05) is 0 Å². The standard InChI is InChI=1S/2C8H7NO4.3C6H5.Sb/c2*10-8(11)5-6-1-3-7(4-2-6)9(12)13;3*1-2-4-6-5-3-1;/h2*1-4H,5H2,(H,10,11);3*1-5H;/q;;;;;+2/p-2. The summed E-state index contributed by atoms with van der Waals surface area (Å²) in [5.74, 6) is -2.53. The second-order valence-electron chi connectivity index (χ2n) is 10.1. The Morgan fingerprint density at radius 3 is 1.04 bits per heavy atom. The number of carbonyl (C=O) groups excluding carboxylic acids is 2. The fourth-order valence-electron chi connectivity index (χ4n) is 5.02. The molecule has 0 heterocycles. The van der Waals surface area contributed by atoms with Crippen molar-refractivity contribution in [2.75, 3.05) is 0 Å². The van der Waals surface area contributed by atoms with Gasteiger partial charge in [0.1, 0.15) is 0 Å². The molecule has 0 spiro atoms. The Balaban J connectivity index is 1.75. The molecule has 5 aromatic carbocycles. The molecule has 0 bridgehead atoms. The summed E-state index contributed by atoms with van der Waals surface area (Å²) in [4.78, 5) is 51.1. The normalized spacial score (nSPS) is 11.9. The number of aliphatic carboxylic acids is 2. The molecule has 0 fully saturated rings. The van der Waals surface area contributed by atoms with Crippen LogP contribution in [0.3, 0.4) is 0 Å². The van der Waals surface area contributed by atoms with E-state index in [9.17, 15) is 29.6 Å². The van der Waals surface area contributed by atoms with Gasteiger partial charge in [0.05, 0.1) is 0 Å². The number of carboxylic acids is 2. The molecule has 11 heteroatoms. The van der Waals surface area contributed by atoms with E-state index in [1.165, 1.54) is 48.5 Å². The van der Waals surface area contributed by atoms with Gasteiger partial charge in [0.25, 0.3) is 0 Å². The van der Waals surface area contributed by atoms with E-state index in [1.807, 2.05) is 0 Å². The van der Waals surface area contributed by atoms with E-state index in [4.69, 9.17) is 6.23 Å². The Kier molecular flexibility index (Phi) is 9.06. The Hall–Kier alpha value is -5.34. The molecule has 0 aliphatic heterocycles. The Bertz CT molecular complexity index is 1660. The van der Waals surface area contributed by atoms with Crippen LogP contribution in [0.15, 0.2) is 140 Å². The van der Waals surface area contributed by atoms with Crippen molar-refractivity contribution >= 4 is 52.1 Å². The molecule has 5 aromatic rings. The van der Waals surface area contributed by atoms with Crippen LogP contribution in [0.4, 0.5) is 11.4 Å². The fraction of sp³-hybridized carbons (Fsp3) is 0.0588. The van der Waals surface area contributed by atoms with Gasteiger partial charge in [0, 0.05) is 0 Å². The van der Waals surface area contributed by atoms with Crippen LogP contribution >= 0.6 is 0 Å². The monoisotopic (exact) mass is 712 g/mol. The van der Waals surface area contributed by atoms with E-state index in [0.29, 0.717) is 31.5 Å². The molecule has 0 unspecified atom stereocenters. The molecule has 0 atom stereocenters. The van der Waals surface area contributed by atoms with E-state index >= 15 is 0 Å². The molecule has 0 saturated carbocycles. The SMILES string of the molecule is O=C([O-])Cc1ccc([N+](=O)[O][Sb]([O][N+](=O)c2ccc(CC(=O)[O-])cc2)([c]2ccccc2)([c]2ccccc2)[c]2ccccc2)cc1. The van der Waals surface area contributed by atoms with Crippen LogP contribution in [0.5, 0.6) is 0 Å². The molecule has 10 nitrogen and oxygen atoms in total. The first kappa shape index (κ1) is 31.1. The van der Waals surface area contributed by atoms with E-state index in [2.05, 4.69) is 0 Å². The second-order valence-corrected chi connectivity index (χ2v) is 20.9. The van der Waals surface area contributed by atoms with Crippen LogP contribution in [0.2, 0.25) is 0 Å². The molecule has 5 rings (SSSR count). The van der Waals surface area contributed by atoms with Crippen molar-refractivity contribution in [2.45, 2.75) is 12.8 Å². The molecular formula is C34H27N2O8Sb. The van der Waals surface area contributed by atoms with Crippen LogP contribution in [0, 0.1) is 9.81 Å². The average molecular weight is 713 g/mol. The zero-order valence-electron chi connectivity index (χ0n) is 23.8. The van der Waals surface area contributed by atoms with Gasteiger partial charge in [0.2, 0.25) is 0 Å². The van der Waals surface area contributed by atoms with Gasteiger partial charge < -0.3 is 0 Å². The van der Waals surface area contributed by atoms with Crippen LogP contribution in [0.25, 0.3) is 0 Å². The van der Waals surface area contributed by atoms with Crippen LogP contribution < -0.4 is 20.7 Å². The first-order valence-corrected chi connectivity index (χ1v) is 19.7. The summed E-state index contributed by atoms with van der Waals surface area (Å²) in [6.45, 7) is 0. The molecule has 0 N–H and O–H groups in total. The van der Waals surface area contributed by atoms with E-state index in [0.717, 1.165) is 0 Å². The van der Waals surface area contributed by atoms with Crippen LogP contribution in [-0.2, 0) is 28.7 Å². The molecule has 0 saturated heterocycles. The predicted octanol–water partition coefficient (Wildman–Crippen LogP) is 1.77. The Labute approximate surface area is 260 Å². The summed E-state index contributed by atoms with van der Waals surface area (Å²) >= 11 is -6.28. The minimum absolute atomic E-state index is 0.0331. The van der Waals surface area contributed by atoms with E-state index < -0.39 is 30.2 Å². The summed E-state index contributed by atoms with van der Waals surface area (Å²) in [5.41, 5.74) is 0.917. The average Bonchev–Trinajstić information content (AvgIpc) is 3.06. The maximum atomic E-state index is 14.1. The number of rotatable bonds is 13. The van der Waals surface area contributed by atoms with Gasteiger partial charge in [-0.25, -0.2) is 0 Å². The molecule has 0 radical (unpaired) electrons. The minimum atomic E-state index is -6.28. The molecule has 0 amide bonds. The van der Waals surface area contributed by atoms with Gasteiger partial charge in [0.15, 0.2) is 0 Å². The fourth-order valence-corrected chi connectivity index (χ4v) is 17.5. The molecule has 0 aliphatic rings. The molecular weight excluding hydrogens is 686 g/mol. The van der Waals surface area contributed by atoms with Crippen LogP contribution in [0.1, 0.15) is 11.1 Å². The van der Waals surface area contributed by atoms with Crippen molar-refractivity contribution in [3.63, 3.8) is 0 Å². The number of hydrogen-bond acceptors (Lipinski definition) is 8. The van der Waals surface area contributed by atoms with E-state index in [-0.39, 0.29) is 24.2 Å². The third-order valence-corrected chi connectivity index (χ3v) is 20.3. The van der Waals surface area contributed by atoms with Crippen molar-refractivity contribution in [3.05, 3.63) is 160 Å². The number of nitrogens with zero attached hydrogens (tertiary/aromatic N) is 2. The zero-order chi connectivity index (χ0) is 31.9. The van der Waals surface area contributed by atoms with Crippen molar-refractivity contribution in [2.24, 2.45) is 0 Å². The summed E-state index contributed by atoms with van der Waals surface area (Å²) < 4.78 is 14.7. The first-order valence-electron chi connectivity index (χ1n) is 13.8. The van der Waals surface area contributed by atoms with Crippen molar-refractivity contribution in [1.82, 2.24) is 0 Å². The summed E-state index contributed by atoms with van der Waals surface area (Å²) in [5, 5.41) is 22.2. The van der Waals surface area contributed by atoms with Crippen molar-refractivity contribution in [1.29, 1.82) is 0 Å². The molecule has 0 aromatic heterocycles. The van der Waals surface area contributed by atoms with Gasteiger partial charge >= 0.3 is 261 Å². The van der Waals surface area contributed by atoms with E-state index in [1.54, 1.807) is 91.0 Å². The Morgan fingerprint density at radius 2 is 0.778 bits per heavy atom. The quantitative estimate of drug-likeness (QED) is 0.133. The summed E-state index contributed by atoms with van der Waals surface area (Å²) in [6.07, 6.45) is -0.671. The van der Waals surface area contributed by atoms with Gasteiger partial charge in [-0.3, -0.25) is 0 Å². The predicted molar refractivity (Wildman–Crippen MR) is 163 cm³/mol. The third-order valence-electron chi connectivity index (χ3n) is 7.13. The van der Waals surface area contributed by atoms with Crippen molar-refractivity contribution in [3.8, 4) is 0 Å². The van der Waals surface area contributed by atoms with Gasteiger partial charge in [-0.15, -0.1) is 0 Å². The van der Waals surface area contributed by atoms with Gasteiger partial charge in [-0.05, 0) is 0 Å². The maximum absolute atomic E-state index is 14.1. The number of benzene rings is 5. The third kappa shape index (κ3) is 6.32. The van der Waals surface area contributed by atoms with Crippen molar-refractivity contribution < 1.29 is 35.9 Å². The number of hydrogen-bond donors (Lipinski definition) is 0. The number of carboxylic acid groups (broad SMARTS) is 2. The first-order chi connectivity index (χ1) is 21.7. The second kappa shape index (κ2) is 13.1. The Morgan fingerprint density at radius 1 is 0.489 bits per heavy atom. The zero-order valence-corrected chi connectivity index (χ0v) is 26.4. The number of carbonyl (C=O) groups is 2. The van der Waals surface area contributed by atoms with Gasteiger partial charge in [-0.2, -0.15) is 0 Å². The molecule has 45 heavy (non-hydrogen) atoms.